The number of aliphatic carboxylic acids is 1. The Morgan fingerprint density at radius 3 is 2.76 bits per heavy atom. The highest BCUT2D eigenvalue weighted by Gasteiger charge is 2.34. The first kappa shape index (κ1) is 14.1. The quantitative estimate of drug-likeness (QED) is 0.909. The lowest BCUT2D eigenvalue weighted by molar-refractivity contribution is -0.146. The summed E-state index contributed by atoms with van der Waals surface area (Å²) in [7, 11) is 0. The fourth-order valence-corrected chi connectivity index (χ4v) is 3.61. The van der Waals surface area contributed by atoms with Gasteiger partial charge >= 0.3 is 5.97 Å². The van der Waals surface area contributed by atoms with Crippen LogP contribution in [-0.4, -0.2) is 35.0 Å². The largest absolute Gasteiger partial charge is 0.481 e. The molecule has 1 heterocycles. The molecule has 1 fully saturated rings. The van der Waals surface area contributed by atoms with Crippen molar-refractivity contribution in [1.82, 2.24) is 4.90 Å². The topological polar surface area (TPSA) is 57.6 Å². The molecule has 1 aromatic rings. The highest BCUT2D eigenvalue weighted by molar-refractivity contribution is 5.85. The van der Waals surface area contributed by atoms with Gasteiger partial charge in [-0.05, 0) is 43.2 Å². The van der Waals surface area contributed by atoms with Crippen molar-refractivity contribution in [1.29, 1.82) is 0 Å². The van der Waals surface area contributed by atoms with Gasteiger partial charge in [-0.1, -0.05) is 24.3 Å². The second kappa shape index (κ2) is 5.88. The Kier molecular flexibility index (Phi) is 3.95. The van der Waals surface area contributed by atoms with Crippen LogP contribution in [0, 0.1) is 5.92 Å². The lowest BCUT2D eigenvalue weighted by Gasteiger charge is -2.35. The predicted octanol–water partition coefficient (Wildman–Crippen LogP) is 2.43. The van der Waals surface area contributed by atoms with Crippen molar-refractivity contribution in [2.45, 2.75) is 38.0 Å². The molecule has 3 rings (SSSR count). The minimum atomic E-state index is -0.781. The molecule has 21 heavy (non-hydrogen) atoms. The van der Waals surface area contributed by atoms with E-state index in [0.717, 1.165) is 31.2 Å². The van der Waals surface area contributed by atoms with Crippen molar-refractivity contribution in [2.24, 2.45) is 5.92 Å². The molecule has 0 radical (unpaired) electrons. The zero-order valence-corrected chi connectivity index (χ0v) is 12.1. The Bertz CT molecular complexity index is 555. The average molecular weight is 287 g/mol. The monoisotopic (exact) mass is 287 g/mol. The van der Waals surface area contributed by atoms with Crippen LogP contribution in [0.25, 0.3) is 0 Å². The van der Waals surface area contributed by atoms with E-state index in [1.807, 2.05) is 12.1 Å². The van der Waals surface area contributed by atoms with Crippen LogP contribution in [0.2, 0.25) is 0 Å². The highest BCUT2D eigenvalue weighted by Crippen LogP contribution is 2.33. The van der Waals surface area contributed by atoms with Crippen molar-refractivity contribution in [3.8, 4) is 0 Å². The third-order valence-corrected chi connectivity index (χ3v) is 4.75. The highest BCUT2D eigenvalue weighted by atomic mass is 16.4. The predicted molar refractivity (Wildman–Crippen MR) is 79.1 cm³/mol. The number of carboxylic acid groups (broad SMARTS) is 1. The maximum Gasteiger partial charge on any atom is 0.308 e. The number of aryl methyl sites for hydroxylation is 1. The Hall–Kier alpha value is -1.84. The Morgan fingerprint density at radius 2 is 1.95 bits per heavy atom. The number of hydrogen-bond acceptors (Lipinski definition) is 2. The van der Waals surface area contributed by atoms with Crippen LogP contribution >= 0.6 is 0 Å². The normalized spacial score (nSPS) is 25.2. The summed E-state index contributed by atoms with van der Waals surface area (Å²) in [5.41, 5.74) is 2.42. The smallest absolute Gasteiger partial charge is 0.308 e. The summed E-state index contributed by atoms with van der Waals surface area (Å²) in [6.07, 6.45) is 4.42. The minimum absolute atomic E-state index is 0.0810. The number of amides is 1. The molecule has 1 unspecified atom stereocenters. The van der Waals surface area contributed by atoms with Crippen LogP contribution in [-0.2, 0) is 16.0 Å². The summed E-state index contributed by atoms with van der Waals surface area (Å²) in [6.45, 7) is 1.06. The zero-order chi connectivity index (χ0) is 14.8. The Balaban J connectivity index is 1.78. The minimum Gasteiger partial charge on any atom is -0.481 e. The van der Waals surface area contributed by atoms with Gasteiger partial charge in [-0.15, -0.1) is 0 Å². The van der Waals surface area contributed by atoms with Gasteiger partial charge in [0, 0.05) is 13.1 Å². The molecular weight excluding hydrogens is 266 g/mol. The SMILES string of the molecule is O=C(O)[C@@H]1CCCN(C(=O)C2CCCc3ccccc32)C1. The van der Waals surface area contributed by atoms with Gasteiger partial charge in [0.05, 0.1) is 11.8 Å². The number of rotatable bonds is 2. The van der Waals surface area contributed by atoms with Gasteiger partial charge < -0.3 is 10.0 Å². The number of carbonyl (C=O) groups excluding carboxylic acids is 1. The Morgan fingerprint density at radius 1 is 1.14 bits per heavy atom. The summed E-state index contributed by atoms with van der Waals surface area (Å²) in [5.74, 6) is -1.14. The van der Waals surface area contributed by atoms with E-state index in [4.69, 9.17) is 5.11 Å². The van der Waals surface area contributed by atoms with E-state index in [9.17, 15) is 9.59 Å². The number of carbonyl (C=O) groups is 2. The second-order valence-electron chi connectivity index (χ2n) is 6.11. The van der Waals surface area contributed by atoms with Gasteiger partial charge in [0.15, 0.2) is 0 Å². The zero-order valence-electron chi connectivity index (χ0n) is 12.1. The molecule has 0 spiro atoms. The molecule has 1 saturated heterocycles. The number of likely N-dealkylation sites (tertiary alicyclic amines) is 1. The van der Waals surface area contributed by atoms with E-state index < -0.39 is 11.9 Å². The number of hydrogen-bond donors (Lipinski definition) is 1. The summed E-state index contributed by atoms with van der Waals surface area (Å²) in [4.78, 5) is 25.7. The van der Waals surface area contributed by atoms with E-state index in [1.54, 1.807) is 4.90 Å². The van der Waals surface area contributed by atoms with Crippen LogP contribution in [0.5, 0.6) is 0 Å². The third kappa shape index (κ3) is 2.80. The van der Waals surface area contributed by atoms with Crippen molar-refractivity contribution in [3.05, 3.63) is 35.4 Å². The van der Waals surface area contributed by atoms with Crippen LogP contribution in [0.1, 0.15) is 42.7 Å². The summed E-state index contributed by atoms with van der Waals surface area (Å²) >= 11 is 0. The van der Waals surface area contributed by atoms with Crippen molar-refractivity contribution < 1.29 is 14.7 Å². The van der Waals surface area contributed by atoms with Crippen molar-refractivity contribution in [3.63, 3.8) is 0 Å². The standard InChI is InChI=1S/C17H21NO3/c19-16(18-10-4-7-13(11-18)17(20)21)15-9-3-6-12-5-1-2-8-14(12)15/h1-2,5,8,13,15H,3-4,6-7,9-11H2,(H,20,21)/t13-,15?/m1/s1. The third-order valence-electron chi connectivity index (χ3n) is 4.75. The molecular formula is C17H21NO3. The first-order valence-electron chi connectivity index (χ1n) is 7.76. The van der Waals surface area contributed by atoms with E-state index in [-0.39, 0.29) is 11.8 Å². The van der Waals surface area contributed by atoms with Crippen molar-refractivity contribution in [2.75, 3.05) is 13.1 Å². The molecule has 1 amide bonds. The number of benzene rings is 1. The molecule has 1 aliphatic heterocycles. The molecule has 0 aromatic heterocycles. The first-order chi connectivity index (χ1) is 10.2. The maximum absolute atomic E-state index is 12.8. The van der Waals surface area contributed by atoms with Gasteiger partial charge in [-0.3, -0.25) is 9.59 Å². The first-order valence-corrected chi connectivity index (χ1v) is 7.76. The lowest BCUT2D eigenvalue weighted by atomic mass is 9.81. The molecule has 2 atom stereocenters. The molecule has 0 saturated carbocycles. The number of nitrogens with zero attached hydrogens (tertiary/aromatic N) is 1. The van der Waals surface area contributed by atoms with Crippen LogP contribution in [0.3, 0.4) is 0 Å². The second-order valence-corrected chi connectivity index (χ2v) is 6.11. The Labute approximate surface area is 124 Å². The number of fused-ring (bicyclic) bond motifs is 1. The van der Waals surface area contributed by atoms with E-state index in [1.165, 1.54) is 5.56 Å². The molecule has 4 heteroatoms. The van der Waals surface area contributed by atoms with Gasteiger partial charge in [0.1, 0.15) is 0 Å². The van der Waals surface area contributed by atoms with E-state index >= 15 is 0 Å². The molecule has 1 N–H and O–H groups in total. The molecule has 112 valence electrons. The summed E-state index contributed by atoms with van der Waals surface area (Å²) < 4.78 is 0. The fourth-order valence-electron chi connectivity index (χ4n) is 3.61. The molecule has 0 bridgehead atoms. The number of carboxylic acids is 1. The maximum atomic E-state index is 12.8. The van der Waals surface area contributed by atoms with Gasteiger partial charge in [0.2, 0.25) is 5.91 Å². The van der Waals surface area contributed by atoms with E-state index in [0.29, 0.717) is 19.5 Å². The van der Waals surface area contributed by atoms with Crippen LogP contribution < -0.4 is 0 Å². The number of piperidine rings is 1. The average Bonchev–Trinajstić information content (AvgIpc) is 2.53. The summed E-state index contributed by atoms with van der Waals surface area (Å²) in [6, 6.07) is 8.16. The van der Waals surface area contributed by atoms with Gasteiger partial charge in [-0.2, -0.15) is 0 Å². The molecule has 2 aliphatic rings. The van der Waals surface area contributed by atoms with Gasteiger partial charge in [0.25, 0.3) is 0 Å². The summed E-state index contributed by atoms with van der Waals surface area (Å²) in [5, 5.41) is 9.17. The van der Waals surface area contributed by atoms with Crippen LogP contribution in [0.4, 0.5) is 0 Å². The van der Waals surface area contributed by atoms with Crippen molar-refractivity contribution >= 4 is 11.9 Å². The van der Waals surface area contributed by atoms with E-state index in [2.05, 4.69) is 12.1 Å². The van der Waals surface area contributed by atoms with Gasteiger partial charge in [-0.25, -0.2) is 0 Å². The molecule has 1 aromatic carbocycles. The fraction of sp³-hybridized carbons (Fsp3) is 0.529. The molecule has 1 aliphatic carbocycles. The lowest BCUT2D eigenvalue weighted by Crippen LogP contribution is -2.44. The van der Waals surface area contributed by atoms with Crippen LogP contribution in [0.15, 0.2) is 24.3 Å². The molecule has 4 nitrogen and oxygen atoms in total.